The van der Waals surface area contributed by atoms with Crippen LogP contribution in [0.4, 0.5) is 0 Å². The number of thiazole rings is 1. The molecular formula is C29H24N2O2S. The largest absolute Gasteiger partial charge is 0.497 e. The number of benzene rings is 3. The van der Waals surface area contributed by atoms with Gasteiger partial charge in [0.1, 0.15) is 5.75 Å². The average molecular weight is 465 g/mol. The van der Waals surface area contributed by atoms with Gasteiger partial charge in [0, 0.05) is 5.56 Å². The molecule has 34 heavy (non-hydrogen) atoms. The molecule has 0 radical (unpaired) electrons. The molecule has 0 saturated carbocycles. The van der Waals surface area contributed by atoms with Gasteiger partial charge in [-0.25, -0.2) is 4.99 Å². The molecule has 1 aliphatic carbocycles. The van der Waals surface area contributed by atoms with Crippen LogP contribution in [0.1, 0.15) is 40.3 Å². The van der Waals surface area contributed by atoms with Gasteiger partial charge in [-0.05, 0) is 60.2 Å². The summed E-state index contributed by atoms with van der Waals surface area (Å²) in [4.78, 5) is 19.6. The molecule has 0 bridgehead atoms. The predicted molar refractivity (Wildman–Crippen MR) is 137 cm³/mol. The average Bonchev–Trinajstić information content (AvgIpc) is 3.18. The van der Waals surface area contributed by atoms with Gasteiger partial charge in [-0.3, -0.25) is 9.36 Å². The summed E-state index contributed by atoms with van der Waals surface area (Å²) in [6.45, 7) is 2.09. The molecule has 5 heteroatoms. The van der Waals surface area contributed by atoms with Crippen LogP contribution in [-0.4, -0.2) is 11.7 Å². The quantitative estimate of drug-likeness (QED) is 0.444. The molecule has 2 heterocycles. The highest BCUT2D eigenvalue weighted by molar-refractivity contribution is 7.07. The number of fused-ring (bicyclic) bond motifs is 3. The molecule has 1 atom stereocenters. The Labute approximate surface area is 201 Å². The number of nitrogens with zero attached hydrogens (tertiary/aromatic N) is 2. The van der Waals surface area contributed by atoms with E-state index in [2.05, 4.69) is 55.5 Å². The first kappa shape index (κ1) is 20.9. The number of allylic oxidation sites excluding steroid dienone is 1. The Balaban J connectivity index is 1.61. The number of rotatable bonds is 3. The van der Waals surface area contributed by atoms with Crippen molar-refractivity contribution in [3.05, 3.63) is 126 Å². The molecule has 0 fully saturated rings. The highest BCUT2D eigenvalue weighted by Gasteiger charge is 2.32. The van der Waals surface area contributed by atoms with Gasteiger partial charge in [0.25, 0.3) is 5.56 Å². The van der Waals surface area contributed by atoms with E-state index in [0.717, 1.165) is 40.2 Å². The highest BCUT2D eigenvalue weighted by Crippen LogP contribution is 2.41. The molecule has 168 valence electrons. The zero-order valence-corrected chi connectivity index (χ0v) is 19.9. The van der Waals surface area contributed by atoms with Crippen LogP contribution in [0.3, 0.4) is 0 Å². The summed E-state index contributed by atoms with van der Waals surface area (Å²) in [5.41, 5.74) is 8.03. The fourth-order valence-electron chi connectivity index (χ4n) is 4.95. The van der Waals surface area contributed by atoms with Crippen LogP contribution in [0, 0.1) is 6.92 Å². The van der Waals surface area contributed by atoms with Crippen LogP contribution in [-0.2, 0) is 6.42 Å². The fourth-order valence-corrected chi connectivity index (χ4v) is 5.95. The molecule has 1 aromatic heterocycles. The van der Waals surface area contributed by atoms with Gasteiger partial charge in [0.05, 0.1) is 23.4 Å². The van der Waals surface area contributed by atoms with Gasteiger partial charge in [-0.1, -0.05) is 77.6 Å². The van der Waals surface area contributed by atoms with Crippen LogP contribution in [0.15, 0.2) is 88.2 Å². The van der Waals surface area contributed by atoms with Crippen molar-refractivity contribution in [2.75, 3.05) is 7.11 Å². The molecule has 2 aliphatic rings. The highest BCUT2D eigenvalue weighted by atomic mass is 32.1. The molecule has 1 unspecified atom stereocenters. The molecule has 0 spiro atoms. The standard InChI is InChI=1S/C29H24N2O2S/c1-18-10-12-21(13-11-18)27-24-15-14-20-7-3-4-9-23(20)26(24)30-29-31(27)28(32)25(34-29)17-19-6-5-8-22(16-19)33-2/h3-13,16-17,27H,14-15H2,1-2H3. The zero-order valence-electron chi connectivity index (χ0n) is 19.1. The summed E-state index contributed by atoms with van der Waals surface area (Å²) in [6, 6.07) is 24.7. The van der Waals surface area contributed by atoms with E-state index in [1.165, 1.54) is 33.6 Å². The third-order valence-electron chi connectivity index (χ3n) is 6.66. The predicted octanol–water partition coefficient (Wildman–Crippen LogP) is 4.64. The second-order valence-electron chi connectivity index (χ2n) is 8.80. The van der Waals surface area contributed by atoms with Gasteiger partial charge in [-0.15, -0.1) is 0 Å². The maximum Gasteiger partial charge on any atom is 0.271 e. The summed E-state index contributed by atoms with van der Waals surface area (Å²) in [5, 5.41) is 0. The smallest absolute Gasteiger partial charge is 0.271 e. The Morgan fingerprint density at radius 2 is 1.85 bits per heavy atom. The molecular weight excluding hydrogens is 440 g/mol. The number of methoxy groups -OCH3 is 1. The lowest BCUT2D eigenvalue weighted by Crippen LogP contribution is -2.38. The molecule has 0 N–H and O–H groups in total. The van der Waals surface area contributed by atoms with Crippen molar-refractivity contribution >= 4 is 23.1 Å². The summed E-state index contributed by atoms with van der Waals surface area (Å²) < 4.78 is 7.94. The Morgan fingerprint density at radius 3 is 2.68 bits per heavy atom. The van der Waals surface area contributed by atoms with Crippen LogP contribution < -0.4 is 19.6 Å². The summed E-state index contributed by atoms with van der Waals surface area (Å²) in [5.74, 6) is 0.770. The second kappa shape index (κ2) is 8.26. The van der Waals surface area contributed by atoms with E-state index in [9.17, 15) is 4.79 Å². The molecule has 0 amide bonds. The van der Waals surface area contributed by atoms with Crippen molar-refractivity contribution in [3.8, 4) is 5.75 Å². The van der Waals surface area contributed by atoms with Crippen LogP contribution in [0.5, 0.6) is 5.75 Å². The van der Waals surface area contributed by atoms with Crippen molar-refractivity contribution in [2.45, 2.75) is 25.8 Å². The molecule has 3 aromatic carbocycles. The second-order valence-corrected chi connectivity index (χ2v) is 9.81. The minimum Gasteiger partial charge on any atom is -0.497 e. The van der Waals surface area contributed by atoms with E-state index in [-0.39, 0.29) is 11.6 Å². The number of aromatic nitrogens is 1. The number of hydrogen-bond acceptors (Lipinski definition) is 4. The summed E-state index contributed by atoms with van der Waals surface area (Å²) in [7, 11) is 1.65. The molecule has 1 aliphatic heterocycles. The van der Waals surface area contributed by atoms with Gasteiger partial charge in [0.2, 0.25) is 0 Å². The van der Waals surface area contributed by atoms with E-state index in [1.807, 2.05) is 34.9 Å². The maximum atomic E-state index is 13.8. The van der Waals surface area contributed by atoms with Crippen molar-refractivity contribution < 1.29 is 4.74 Å². The number of aryl methyl sites for hydroxylation is 2. The molecule has 4 aromatic rings. The SMILES string of the molecule is COc1cccc(C=c2sc3n(c2=O)C(c2ccc(C)cc2)C2=C(N=3)c3ccccc3CC2)c1. The summed E-state index contributed by atoms with van der Waals surface area (Å²) in [6.07, 6.45) is 3.80. The fraction of sp³-hybridized carbons (Fsp3) is 0.172. The van der Waals surface area contributed by atoms with Gasteiger partial charge < -0.3 is 4.74 Å². The van der Waals surface area contributed by atoms with Gasteiger partial charge in [0.15, 0.2) is 4.80 Å². The van der Waals surface area contributed by atoms with Crippen LogP contribution in [0.25, 0.3) is 11.8 Å². The van der Waals surface area contributed by atoms with Crippen molar-refractivity contribution in [1.82, 2.24) is 4.57 Å². The maximum absolute atomic E-state index is 13.8. The molecule has 6 rings (SSSR count). The topological polar surface area (TPSA) is 43.6 Å². The Morgan fingerprint density at radius 1 is 1.03 bits per heavy atom. The van der Waals surface area contributed by atoms with Crippen molar-refractivity contribution in [3.63, 3.8) is 0 Å². The Kier molecular flexibility index (Phi) is 5.07. The van der Waals surface area contributed by atoms with E-state index in [4.69, 9.17) is 9.73 Å². The van der Waals surface area contributed by atoms with Crippen LogP contribution in [0.2, 0.25) is 0 Å². The lowest BCUT2D eigenvalue weighted by molar-refractivity contribution is 0.414. The number of ether oxygens (including phenoxy) is 1. The van der Waals surface area contributed by atoms with Crippen LogP contribution >= 0.6 is 11.3 Å². The summed E-state index contributed by atoms with van der Waals surface area (Å²) >= 11 is 1.46. The van der Waals surface area contributed by atoms with E-state index >= 15 is 0 Å². The minimum atomic E-state index is -0.146. The lowest BCUT2D eigenvalue weighted by atomic mass is 9.83. The zero-order chi connectivity index (χ0) is 23.2. The van der Waals surface area contributed by atoms with Crippen molar-refractivity contribution in [1.29, 1.82) is 0 Å². The first-order chi connectivity index (χ1) is 16.6. The van der Waals surface area contributed by atoms with E-state index < -0.39 is 0 Å². The molecule has 0 saturated heterocycles. The lowest BCUT2D eigenvalue weighted by Gasteiger charge is -2.30. The third kappa shape index (κ3) is 3.44. The number of hydrogen-bond donors (Lipinski definition) is 0. The van der Waals surface area contributed by atoms with Crippen molar-refractivity contribution in [2.24, 2.45) is 4.99 Å². The van der Waals surface area contributed by atoms with Gasteiger partial charge in [-0.2, -0.15) is 0 Å². The Bertz CT molecular complexity index is 1620. The first-order valence-electron chi connectivity index (χ1n) is 11.5. The first-order valence-corrected chi connectivity index (χ1v) is 12.3. The van der Waals surface area contributed by atoms with E-state index in [0.29, 0.717) is 4.53 Å². The monoisotopic (exact) mass is 464 g/mol. The Hall–Kier alpha value is -3.70. The normalized spacial score (nSPS) is 17.0. The minimum absolute atomic E-state index is 0.00236. The molecule has 4 nitrogen and oxygen atoms in total. The van der Waals surface area contributed by atoms with Gasteiger partial charge >= 0.3 is 0 Å². The van der Waals surface area contributed by atoms with E-state index in [1.54, 1.807) is 7.11 Å². The third-order valence-corrected chi connectivity index (χ3v) is 7.64.